The molecule has 1 aromatic heterocycles. The number of benzene rings is 2. The normalized spacial score (nSPS) is 12.3. The van der Waals surface area contributed by atoms with Crippen LogP contribution in [0.15, 0.2) is 30.5 Å². The molecule has 0 aliphatic heterocycles. The van der Waals surface area contributed by atoms with Crippen LogP contribution in [-0.2, 0) is 17.7 Å². The predicted octanol–water partition coefficient (Wildman–Crippen LogP) is 2.18. The lowest BCUT2D eigenvalue weighted by atomic mass is 9.97. The number of carbonyl (C=O) groups excluding carboxylic acids is 1. The summed E-state index contributed by atoms with van der Waals surface area (Å²) in [5.74, 6) is -5.15. The van der Waals surface area contributed by atoms with Gasteiger partial charge in [0.15, 0.2) is 17.4 Å². The van der Waals surface area contributed by atoms with Crippen molar-refractivity contribution in [1.82, 2.24) is 14.7 Å². The molecule has 0 saturated heterocycles. The first kappa shape index (κ1) is 20.8. The van der Waals surface area contributed by atoms with E-state index in [2.05, 4.69) is 14.7 Å². The van der Waals surface area contributed by atoms with Crippen molar-refractivity contribution in [1.29, 1.82) is 0 Å². The summed E-state index contributed by atoms with van der Waals surface area (Å²) in [6, 6.07) is 4.65. The number of nitrogens with one attached hydrogen (secondary N) is 1. The molecule has 1 heterocycles. The molecule has 0 aliphatic carbocycles. The lowest BCUT2D eigenvalue weighted by molar-refractivity contribution is 0.102. The van der Waals surface area contributed by atoms with Crippen LogP contribution in [0.1, 0.15) is 27.9 Å². The standard InChI is InChI=1S/C18H15F3N4O3S/c19-11-6-9(2-1-5-24-29(27)28)16(20)15(17(11)21)18(26)10-3-4-12-13(7-10)25-14(22)8-23-12/h3-4,6-8,24H,1-2,5H2,(H2,22,25)(H,27,28)/p-1. The number of ketones is 1. The molecular formula is C18H14F3N4O3S-. The lowest BCUT2D eigenvalue weighted by Crippen LogP contribution is -2.18. The van der Waals surface area contributed by atoms with Gasteiger partial charge in [0.25, 0.3) is 0 Å². The maximum absolute atomic E-state index is 14.8. The Balaban J connectivity index is 1.96. The molecule has 152 valence electrons. The molecule has 3 N–H and O–H groups in total. The Morgan fingerprint density at radius 2 is 1.93 bits per heavy atom. The van der Waals surface area contributed by atoms with Gasteiger partial charge in [0.1, 0.15) is 11.6 Å². The van der Waals surface area contributed by atoms with Crippen molar-refractivity contribution >= 4 is 33.9 Å². The van der Waals surface area contributed by atoms with Gasteiger partial charge in [-0.3, -0.25) is 14.0 Å². The molecule has 0 amide bonds. The second-order valence-corrected chi connectivity index (χ2v) is 6.84. The minimum atomic E-state index is -2.49. The summed E-state index contributed by atoms with van der Waals surface area (Å²) < 4.78 is 66.0. The number of hydrogen-bond acceptors (Lipinski definition) is 6. The Morgan fingerprint density at radius 3 is 2.66 bits per heavy atom. The fraction of sp³-hybridized carbons (Fsp3) is 0.167. The zero-order chi connectivity index (χ0) is 21.1. The molecule has 0 spiro atoms. The predicted molar refractivity (Wildman–Crippen MR) is 98.9 cm³/mol. The monoisotopic (exact) mass is 423 g/mol. The molecule has 11 heteroatoms. The van der Waals surface area contributed by atoms with Crippen molar-refractivity contribution in [3.05, 3.63) is 64.6 Å². The van der Waals surface area contributed by atoms with Gasteiger partial charge in [-0.15, -0.1) is 0 Å². The fourth-order valence-corrected chi connectivity index (χ4v) is 3.09. The SMILES string of the molecule is Nc1cnc2ccc(C(=O)c3c(F)c(F)cc(CCCNS(=O)[O-])c3F)cc2n1. The van der Waals surface area contributed by atoms with E-state index in [4.69, 9.17) is 5.73 Å². The number of halogens is 3. The van der Waals surface area contributed by atoms with Gasteiger partial charge in [-0.05, 0) is 42.7 Å². The topological polar surface area (TPSA) is 121 Å². The number of nitrogens with two attached hydrogens (primary N) is 1. The Hall–Kier alpha value is -2.89. The maximum atomic E-state index is 14.8. The number of hydrogen-bond donors (Lipinski definition) is 2. The van der Waals surface area contributed by atoms with Crippen LogP contribution in [0.3, 0.4) is 0 Å². The van der Waals surface area contributed by atoms with Gasteiger partial charge in [0.2, 0.25) is 0 Å². The Morgan fingerprint density at radius 1 is 1.17 bits per heavy atom. The van der Waals surface area contributed by atoms with Crippen LogP contribution in [0.5, 0.6) is 0 Å². The van der Waals surface area contributed by atoms with Crippen molar-refractivity contribution < 1.29 is 26.7 Å². The van der Waals surface area contributed by atoms with E-state index in [9.17, 15) is 26.7 Å². The highest BCUT2D eigenvalue weighted by atomic mass is 32.2. The van der Waals surface area contributed by atoms with E-state index >= 15 is 0 Å². The fourth-order valence-electron chi connectivity index (χ4n) is 2.78. The number of aromatic nitrogens is 2. The first-order valence-corrected chi connectivity index (χ1v) is 9.41. The average molecular weight is 423 g/mol. The van der Waals surface area contributed by atoms with Gasteiger partial charge >= 0.3 is 0 Å². The molecule has 3 aromatic rings. The molecular weight excluding hydrogens is 409 g/mol. The van der Waals surface area contributed by atoms with Crippen LogP contribution in [0.2, 0.25) is 0 Å². The van der Waals surface area contributed by atoms with Gasteiger partial charge in [0.05, 0.1) is 22.8 Å². The summed E-state index contributed by atoms with van der Waals surface area (Å²) in [6.07, 6.45) is 1.33. The highest BCUT2D eigenvalue weighted by Gasteiger charge is 2.25. The molecule has 1 unspecified atom stereocenters. The van der Waals surface area contributed by atoms with E-state index in [1.165, 1.54) is 24.4 Å². The molecule has 3 rings (SSSR count). The Bertz CT molecular complexity index is 1130. The zero-order valence-electron chi connectivity index (χ0n) is 14.7. The van der Waals surface area contributed by atoms with Crippen LogP contribution in [0, 0.1) is 17.5 Å². The first-order valence-electron chi connectivity index (χ1n) is 8.34. The largest absolute Gasteiger partial charge is 0.760 e. The van der Waals surface area contributed by atoms with Crippen molar-refractivity contribution in [2.45, 2.75) is 12.8 Å². The van der Waals surface area contributed by atoms with Crippen LogP contribution in [0.4, 0.5) is 19.0 Å². The number of aryl methyl sites for hydroxylation is 1. The van der Waals surface area contributed by atoms with Gasteiger partial charge in [0, 0.05) is 23.4 Å². The number of carbonyl (C=O) groups is 1. The second kappa shape index (κ2) is 8.64. The summed E-state index contributed by atoms with van der Waals surface area (Å²) in [5.41, 5.74) is 4.82. The smallest absolute Gasteiger partial charge is 0.199 e. The molecule has 0 saturated carbocycles. The van der Waals surface area contributed by atoms with Crippen molar-refractivity contribution in [2.24, 2.45) is 0 Å². The van der Waals surface area contributed by atoms with E-state index in [1.54, 1.807) is 0 Å². The number of rotatable bonds is 7. The molecule has 0 bridgehead atoms. The molecule has 0 radical (unpaired) electrons. The summed E-state index contributed by atoms with van der Waals surface area (Å²) in [4.78, 5) is 20.7. The number of anilines is 1. The molecule has 0 aliphatic rings. The highest BCUT2D eigenvalue weighted by Crippen LogP contribution is 2.25. The number of fused-ring (bicyclic) bond motifs is 1. The van der Waals surface area contributed by atoms with E-state index < -0.39 is 40.1 Å². The van der Waals surface area contributed by atoms with Gasteiger partial charge in [-0.25, -0.2) is 22.9 Å². The minimum Gasteiger partial charge on any atom is -0.760 e. The highest BCUT2D eigenvalue weighted by molar-refractivity contribution is 7.77. The Kier molecular flexibility index (Phi) is 6.20. The van der Waals surface area contributed by atoms with Crippen LogP contribution < -0.4 is 10.5 Å². The van der Waals surface area contributed by atoms with E-state index in [0.717, 1.165) is 0 Å². The van der Waals surface area contributed by atoms with Crippen molar-refractivity contribution in [2.75, 3.05) is 12.3 Å². The summed E-state index contributed by atoms with van der Waals surface area (Å²) >= 11 is -2.49. The zero-order valence-corrected chi connectivity index (χ0v) is 15.6. The third-order valence-corrected chi connectivity index (χ3v) is 4.56. The molecule has 0 fully saturated rings. The quantitative estimate of drug-likeness (QED) is 0.260. The van der Waals surface area contributed by atoms with Gasteiger partial charge in [-0.2, -0.15) is 0 Å². The van der Waals surface area contributed by atoms with Crippen LogP contribution in [0.25, 0.3) is 11.0 Å². The van der Waals surface area contributed by atoms with Crippen molar-refractivity contribution in [3.8, 4) is 0 Å². The molecule has 1 atom stereocenters. The minimum absolute atomic E-state index is 0.0252. The Labute approximate surface area is 165 Å². The first-order chi connectivity index (χ1) is 13.8. The van der Waals surface area contributed by atoms with E-state index in [1.807, 2.05) is 0 Å². The second-order valence-electron chi connectivity index (χ2n) is 6.08. The summed E-state index contributed by atoms with van der Waals surface area (Å²) in [7, 11) is 0. The van der Waals surface area contributed by atoms with E-state index in [0.29, 0.717) is 11.6 Å². The van der Waals surface area contributed by atoms with Gasteiger partial charge in [-0.1, -0.05) is 0 Å². The van der Waals surface area contributed by atoms with Crippen molar-refractivity contribution in [3.63, 3.8) is 0 Å². The average Bonchev–Trinajstić information content (AvgIpc) is 2.68. The van der Waals surface area contributed by atoms with Crippen LogP contribution >= 0.6 is 0 Å². The maximum Gasteiger partial charge on any atom is 0.199 e. The molecule has 7 nitrogen and oxygen atoms in total. The molecule has 29 heavy (non-hydrogen) atoms. The number of nitrogen functional groups attached to an aromatic ring is 1. The third-order valence-electron chi connectivity index (χ3n) is 4.12. The number of nitrogens with zero attached hydrogens (tertiary/aromatic N) is 2. The van der Waals surface area contributed by atoms with Gasteiger partial charge < -0.3 is 10.3 Å². The van der Waals surface area contributed by atoms with Crippen LogP contribution in [-0.4, -0.2) is 31.1 Å². The third kappa shape index (κ3) is 4.58. The summed E-state index contributed by atoms with van der Waals surface area (Å²) in [6.45, 7) is -0.0252. The van der Waals surface area contributed by atoms with E-state index in [-0.39, 0.29) is 41.8 Å². The summed E-state index contributed by atoms with van der Waals surface area (Å²) in [5, 5.41) is 0. The molecule has 2 aromatic carbocycles. The lowest BCUT2D eigenvalue weighted by Gasteiger charge is -2.11.